The topological polar surface area (TPSA) is 98.6 Å². The molecule has 0 saturated heterocycles. The van der Waals surface area contributed by atoms with Gasteiger partial charge in [0.2, 0.25) is 0 Å². The Morgan fingerprint density at radius 1 is 1.56 bits per heavy atom. The summed E-state index contributed by atoms with van der Waals surface area (Å²) in [5, 5.41) is 8.86. The summed E-state index contributed by atoms with van der Waals surface area (Å²) in [7, 11) is 0. The van der Waals surface area contributed by atoms with E-state index < -0.39 is 5.91 Å². The van der Waals surface area contributed by atoms with Crippen molar-refractivity contribution in [3.05, 3.63) is 23.8 Å². The van der Waals surface area contributed by atoms with Gasteiger partial charge in [-0.25, -0.2) is 0 Å². The quantitative estimate of drug-likeness (QED) is 0.629. The van der Waals surface area contributed by atoms with Gasteiger partial charge < -0.3 is 21.3 Å². The van der Waals surface area contributed by atoms with Gasteiger partial charge in [0.05, 0.1) is 17.9 Å². The highest BCUT2D eigenvalue weighted by atomic mass is 16.5. The molecule has 0 fully saturated rings. The smallest absolute Gasteiger partial charge is 0.252 e. The van der Waals surface area contributed by atoms with E-state index in [1.807, 2.05) is 6.92 Å². The van der Waals surface area contributed by atoms with Crippen LogP contribution in [0.1, 0.15) is 17.3 Å². The van der Waals surface area contributed by atoms with Crippen LogP contribution in [0.2, 0.25) is 0 Å². The summed E-state index contributed by atoms with van der Waals surface area (Å²) >= 11 is 0. The largest absolute Gasteiger partial charge is 0.490 e. The zero-order chi connectivity index (χ0) is 12.1. The number of benzene rings is 1. The highest BCUT2D eigenvalue weighted by Gasteiger charge is 2.13. The standard InChI is InChI=1S/C11H16N2O3/c1-7(5-14)6-16-10-8(11(13)15)3-2-4-9(10)12/h2-4,7,14H,5-6,12H2,1H3,(H2,13,15). The van der Waals surface area contributed by atoms with Gasteiger partial charge in [-0.15, -0.1) is 0 Å². The second kappa shape index (κ2) is 5.37. The highest BCUT2D eigenvalue weighted by molar-refractivity contribution is 5.97. The molecule has 5 heteroatoms. The van der Waals surface area contributed by atoms with Crippen molar-refractivity contribution < 1.29 is 14.6 Å². The summed E-state index contributed by atoms with van der Waals surface area (Å²) in [6, 6.07) is 4.82. The summed E-state index contributed by atoms with van der Waals surface area (Å²) in [5.74, 6) is -0.324. The van der Waals surface area contributed by atoms with Crippen LogP contribution in [0.15, 0.2) is 18.2 Å². The Hall–Kier alpha value is -1.75. The number of para-hydroxylation sites is 1. The monoisotopic (exact) mass is 224 g/mol. The number of ether oxygens (including phenoxy) is 1. The van der Waals surface area contributed by atoms with Crippen molar-refractivity contribution in [2.75, 3.05) is 18.9 Å². The molecule has 1 rings (SSSR count). The summed E-state index contributed by atoms with van der Waals surface area (Å²) in [6.07, 6.45) is 0. The van der Waals surface area contributed by atoms with Crippen LogP contribution in [0.25, 0.3) is 0 Å². The molecule has 0 aliphatic heterocycles. The first-order chi connectivity index (χ1) is 7.56. The van der Waals surface area contributed by atoms with E-state index in [1.165, 1.54) is 0 Å². The molecule has 0 bridgehead atoms. The van der Waals surface area contributed by atoms with Crippen LogP contribution in [0.5, 0.6) is 5.75 Å². The molecule has 1 atom stereocenters. The van der Waals surface area contributed by atoms with E-state index in [-0.39, 0.29) is 30.4 Å². The second-order valence-electron chi connectivity index (χ2n) is 3.69. The maximum atomic E-state index is 11.1. The molecule has 0 aromatic heterocycles. The van der Waals surface area contributed by atoms with Crippen molar-refractivity contribution in [3.8, 4) is 5.75 Å². The molecule has 16 heavy (non-hydrogen) atoms. The molecule has 1 unspecified atom stereocenters. The number of rotatable bonds is 5. The predicted molar refractivity (Wildman–Crippen MR) is 61.1 cm³/mol. The minimum absolute atomic E-state index is 0.0125. The first-order valence-corrected chi connectivity index (χ1v) is 4.98. The zero-order valence-corrected chi connectivity index (χ0v) is 9.14. The molecule has 1 amide bonds. The number of amides is 1. The number of hydrogen-bond donors (Lipinski definition) is 3. The third-order valence-electron chi connectivity index (χ3n) is 2.13. The molecule has 5 nitrogen and oxygen atoms in total. The third kappa shape index (κ3) is 2.87. The van der Waals surface area contributed by atoms with Crippen LogP contribution in [0.3, 0.4) is 0 Å². The Labute approximate surface area is 94.0 Å². The van der Waals surface area contributed by atoms with Gasteiger partial charge in [-0.2, -0.15) is 0 Å². The number of hydrogen-bond acceptors (Lipinski definition) is 4. The van der Waals surface area contributed by atoms with Crippen LogP contribution in [-0.4, -0.2) is 24.2 Å². The highest BCUT2D eigenvalue weighted by Crippen LogP contribution is 2.26. The van der Waals surface area contributed by atoms with Gasteiger partial charge in [-0.1, -0.05) is 13.0 Å². The number of nitrogens with two attached hydrogens (primary N) is 2. The second-order valence-corrected chi connectivity index (χ2v) is 3.69. The first kappa shape index (κ1) is 12.3. The molecule has 1 aromatic rings. The number of anilines is 1. The minimum Gasteiger partial charge on any atom is -0.490 e. The molecule has 0 aliphatic rings. The van der Waals surface area contributed by atoms with E-state index in [4.69, 9.17) is 21.3 Å². The Morgan fingerprint density at radius 3 is 2.81 bits per heavy atom. The maximum absolute atomic E-state index is 11.1. The van der Waals surface area contributed by atoms with Crippen LogP contribution in [-0.2, 0) is 0 Å². The molecule has 88 valence electrons. The lowest BCUT2D eigenvalue weighted by atomic mass is 10.1. The van der Waals surface area contributed by atoms with Gasteiger partial charge in [0, 0.05) is 12.5 Å². The normalized spacial score (nSPS) is 12.1. The Kier molecular flexibility index (Phi) is 4.13. The van der Waals surface area contributed by atoms with E-state index in [0.717, 1.165) is 0 Å². The lowest BCUT2D eigenvalue weighted by molar-refractivity contribution is 0.0994. The average molecular weight is 224 g/mol. The summed E-state index contributed by atoms with van der Waals surface area (Å²) in [6.45, 7) is 2.12. The van der Waals surface area contributed by atoms with Crippen molar-refractivity contribution in [2.45, 2.75) is 6.92 Å². The SMILES string of the molecule is CC(CO)COc1c(N)cccc1C(N)=O. The number of nitrogen functional groups attached to an aromatic ring is 1. The maximum Gasteiger partial charge on any atom is 0.252 e. The molecule has 0 spiro atoms. The number of aliphatic hydroxyl groups excluding tert-OH is 1. The van der Waals surface area contributed by atoms with Crippen molar-refractivity contribution >= 4 is 11.6 Å². The Morgan fingerprint density at radius 2 is 2.25 bits per heavy atom. The molecule has 0 aliphatic carbocycles. The minimum atomic E-state index is -0.584. The van der Waals surface area contributed by atoms with Crippen molar-refractivity contribution in [3.63, 3.8) is 0 Å². The summed E-state index contributed by atoms with van der Waals surface area (Å²) in [5.41, 5.74) is 11.5. The molecule has 0 saturated carbocycles. The summed E-state index contributed by atoms with van der Waals surface area (Å²) in [4.78, 5) is 11.1. The van der Waals surface area contributed by atoms with Crippen LogP contribution in [0.4, 0.5) is 5.69 Å². The molecule has 5 N–H and O–H groups in total. The fraction of sp³-hybridized carbons (Fsp3) is 0.364. The Bertz CT molecular complexity index is 379. The van der Waals surface area contributed by atoms with Crippen molar-refractivity contribution in [2.24, 2.45) is 11.7 Å². The summed E-state index contributed by atoms with van der Waals surface area (Å²) < 4.78 is 5.40. The van der Waals surface area contributed by atoms with E-state index in [1.54, 1.807) is 18.2 Å². The zero-order valence-electron chi connectivity index (χ0n) is 9.14. The third-order valence-corrected chi connectivity index (χ3v) is 2.13. The van der Waals surface area contributed by atoms with Crippen LogP contribution >= 0.6 is 0 Å². The predicted octanol–water partition coefficient (Wildman–Crippen LogP) is 0.375. The van der Waals surface area contributed by atoms with Crippen LogP contribution in [0, 0.1) is 5.92 Å². The fourth-order valence-electron chi connectivity index (χ4n) is 1.19. The van der Waals surface area contributed by atoms with E-state index in [2.05, 4.69) is 0 Å². The van der Waals surface area contributed by atoms with Gasteiger partial charge in [0.1, 0.15) is 0 Å². The number of aliphatic hydroxyl groups is 1. The van der Waals surface area contributed by atoms with Gasteiger partial charge in [0.15, 0.2) is 5.75 Å². The first-order valence-electron chi connectivity index (χ1n) is 4.98. The lowest BCUT2D eigenvalue weighted by Crippen LogP contribution is -2.17. The van der Waals surface area contributed by atoms with Gasteiger partial charge in [0.25, 0.3) is 5.91 Å². The molecule has 1 aromatic carbocycles. The fourth-order valence-corrected chi connectivity index (χ4v) is 1.19. The number of carbonyl (C=O) groups is 1. The Balaban J connectivity index is 2.88. The number of primary amides is 1. The van der Waals surface area contributed by atoms with E-state index in [9.17, 15) is 4.79 Å². The van der Waals surface area contributed by atoms with Crippen molar-refractivity contribution in [1.29, 1.82) is 0 Å². The van der Waals surface area contributed by atoms with E-state index >= 15 is 0 Å². The van der Waals surface area contributed by atoms with E-state index in [0.29, 0.717) is 5.69 Å². The number of carbonyl (C=O) groups excluding carboxylic acids is 1. The lowest BCUT2D eigenvalue weighted by Gasteiger charge is -2.14. The van der Waals surface area contributed by atoms with Crippen LogP contribution < -0.4 is 16.2 Å². The van der Waals surface area contributed by atoms with Gasteiger partial charge in [-0.3, -0.25) is 4.79 Å². The van der Waals surface area contributed by atoms with Gasteiger partial charge in [-0.05, 0) is 12.1 Å². The van der Waals surface area contributed by atoms with Gasteiger partial charge >= 0.3 is 0 Å². The van der Waals surface area contributed by atoms with Crippen molar-refractivity contribution in [1.82, 2.24) is 0 Å². The molecular formula is C11H16N2O3. The molecule has 0 heterocycles. The molecule has 0 radical (unpaired) electrons. The molecular weight excluding hydrogens is 208 g/mol. The average Bonchev–Trinajstić information content (AvgIpc) is 2.26.